The molecule has 0 aliphatic carbocycles. The molecule has 2 rings (SSSR count). The lowest BCUT2D eigenvalue weighted by molar-refractivity contribution is 0.247. The molecule has 2 unspecified atom stereocenters. The molecule has 1 aliphatic rings. The number of pyridine rings is 1. The summed E-state index contributed by atoms with van der Waals surface area (Å²) in [4.78, 5) is 16.0. The quantitative estimate of drug-likeness (QED) is 0.594. The van der Waals surface area contributed by atoms with Gasteiger partial charge in [0.2, 0.25) is 0 Å². The zero-order valence-corrected chi connectivity index (χ0v) is 9.68. The Hall–Kier alpha value is -0.880. The minimum absolute atomic E-state index is 0.147. The van der Waals surface area contributed by atoms with Gasteiger partial charge in [0.25, 0.3) is 0 Å². The summed E-state index contributed by atoms with van der Waals surface area (Å²) >= 11 is 0. The van der Waals surface area contributed by atoms with Crippen LogP contribution in [0.2, 0.25) is 0 Å². The summed E-state index contributed by atoms with van der Waals surface area (Å²) in [5.74, 6) is 1.89. The molecule has 3 N–H and O–H groups in total. The van der Waals surface area contributed by atoms with E-state index in [9.17, 15) is 4.79 Å². The number of nitrogens with two attached hydrogens (primary N) is 1. The molecule has 0 spiro atoms. The fraction of sp³-hybridized carbons (Fsp3) is 0.333. The van der Waals surface area contributed by atoms with Gasteiger partial charge in [-0.3, -0.25) is 4.98 Å². The summed E-state index contributed by atoms with van der Waals surface area (Å²) in [5.41, 5.74) is 5.09. The Bertz CT molecular complexity index is 346. The predicted molar refractivity (Wildman–Crippen MR) is 63.7 cm³/mol. The Morgan fingerprint density at radius 3 is 3.27 bits per heavy atom. The van der Waals surface area contributed by atoms with Crippen molar-refractivity contribution in [1.82, 2.24) is 10.3 Å². The average molecular weight is 242 g/mol. The first-order valence-corrected chi connectivity index (χ1v) is 7.45. The molecule has 0 bridgehead atoms. The van der Waals surface area contributed by atoms with E-state index in [1.54, 1.807) is 6.20 Å². The monoisotopic (exact) mass is 242 g/mol. The van der Waals surface area contributed by atoms with Gasteiger partial charge in [0.15, 0.2) is 4.90 Å². The molecule has 2 amide bonds. The van der Waals surface area contributed by atoms with Gasteiger partial charge in [-0.25, -0.2) is 4.79 Å². The fourth-order valence-corrected chi connectivity index (χ4v) is 5.92. The zero-order valence-electron chi connectivity index (χ0n) is 8.05. The summed E-state index contributed by atoms with van der Waals surface area (Å²) in [6, 6.07) is 3.79. The molecule has 4 nitrogen and oxygen atoms in total. The number of nitrogens with one attached hydrogen (secondary N) is 1. The van der Waals surface area contributed by atoms with Gasteiger partial charge in [0.05, 0.1) is 38.7 Å². The molecular formula is C9H12N3OS2+. The number of nitrogens with zero attached hydrogens (tertiary/aromatic N) is 1. The summed E-state index contributed by atoms with van der Waals surface area (Å²) in [5, 5.41) is 2.75. The van der Waals surface area contributed by atoms with Gasteiger partial charge < -0.3 is 11.1 Å². The Balaban J connectivity index is 1.96. The Kier molecular flexibility index (Phi) is 3.37. The molecule has 0 saturated carbocycles. The number of aromatic nitrogens is 1. The second-order valence-electron chi connectivity index (χ2n) is 3.19. The third-order valence-corrected chi connectivity index (χ3v) is 6.55. The van der Waals surface area contributed by atoms with E-state index in [0.717, 1.165) is 11.5 Å². The van der Waals surface area contributed by atoms with Crippen LogP contribution < -0.4 is 11.1 Å². The van der Waals surface area contributed by atoms with Crippen LogP contribution in [0.3, 0.4) is 0 Å². The van der Waals surface area contributed by atoms with E-state index in [0.29, 0.717) is 0 Å². The average Bonchev–Trinajstić information content (AvgIpc) is 2.67. The highest BCUT2D eigenvalue weighted by Gasteiger charge is 2.37. The van der Waals surface area contributed by atoms with E-state index in [-0.39, 0.29) is 16.0 Å². The highest BCUT2D eigenvalue weighted by atomic mass is 33.1. The minimum atomic E-state index is -0.433. The van der Waals surface area contributed by atoms with Gasteiger partial charge in [-0.05, 0) is 12.1 Å². The standard InChI is InChI=1S/C9H11N3OS2/c10-9(13)12-7-5-14-15(6-7)8-2-1-3-11-4-8/h1-4,7H,5-6H2,(H2-,10,12,13)/p+1. The van der Waals surface area contributed by atoms with Crippen LogP contribution in [0.1, 0.15) is 0 Å². The Morgan fingerprint density at radius 1 is 1.73 bits per heavy atom. The van der Waals surface area contributed by atoms with Crippen LogP contribution in [0.15, 0.2) is 29.4 Å². The van der Waals surface area contributed by atoms with Crippen molar-refractivity contribution in [3.63, 3.8) is 0 Å². The third-order valence-electron chi connectivity index (χ3n) is 2.01. The largest absolute Gasteiger partial charge is 0.352 e. The molecule has 80 valence electrons. The molecule has 6 heteroatoms. The molecule has 2 atom stereocenters. The number of carbonyl (C=O) groups excluding carboxylic acids is 1. The number of primary amides is 1. The van der Waals surface area contributed by atoms with Crippen molar-refractivity contribution in [2.75, 3.05) is 11.5 Å². The van der Waals surface area contributed by atoms with Gasteiger partial charge in [0.1, 0.15) is 5.75 Å². The van der Waals surface area contributed by atoms with E-state index in [4.69, 9.17) is 5.73 Å². The van der Waals surface area contributed by atoms with Crippen molar-refractivity contribution >= 4 is 26.8 Å². The van der Waals surface area contributed by atoms with Crippen LogP contribution in [-0.4, -0.2) is 28.6 Å². The number of amides is 2. The maximum absolute atomic E-state index is 10.7. The van der Waals surface area contributed by atoms with Gasteiger partial charge in [-0.15, -0.1) is 0 Å². The number of urea groups is 1. The van der Waals surface area contributed by atoms with Gasteiger partial charge >= 0.3 is 6.03 Å². The van der Waals surface area contributed by atoms with Crippen molar-refractivity contribution in [2.45, 2.75) is 10.9 Å². The predicted octanol–water partition coefficient (Wildman–Crippen LogP) is 0.758. The highest BCUT2D eigenvalue weighted by Crippen LogP contribution is 2.32. The summed E-state index contributed by atoms with van der Waals surface area (Å²) < 4.78 is 0. The van der Waals surface area contributed by atoms with Crippen molar-refractivity contribution in [3.05, 3.63) is 24.5 Å². The maximum atomic E-state index is 10.7. The van der Waals surface area contributed by atoms with Crippen LogP contribution >= 0.6 is 10.8 Å². The second-order valence-corrected chi connectivity index (χ2v) is 7.17. The first-order chi connectivity index (χ1) is 7.25. The molecule has 2 heterocycles. The highest BCUT2D eigenvalue weighted by molar-refractivity contribution is 8.74. The molecule has 1 aromatic rings. The summed E-state index contributed by atoms with van der Waals surface area (Å²) in [7, 11) is 2.01. The smallest absolute Gasteiger partial charge is 0.312 e. The van der Waals surface area contributed by atoms with Crippen LogP contribution in [0.4, 0.5) is 4.79 Å². The van der Waals surface area contributed by atoms with Crippen LogP contribution in [-0.2, 0) is 9.93 Å². The number of hydrogen-bond acceptors (Lipinski definition) is 3. The number of hydrogen-bond donors (Lipinski definition) is 2. The zero-order chi connectivity index (χ0) is 10.7. The maximum Gasteiger partial charge on any atom is 0.312 e. The lowest BCUT2D eigenvalue weighted by Crippen LogP contribution is -2.40. The second kappa shape index (κ2) is 4.76. The van der Waals surface area contributed by atoms with Crippen LogP contribution in [0, 0.1) is 0 Å². The van der Waals surface area contributed by atoms with E-state index in [1.165, 1.54) is 4.90 Å². The molecule has 0 aromatic carbocycles. The van der Waals surface area contributed by atoms with E-state index in [1.807, 2.05) is 23.1 Å². The third kappa shape index (κ3) is 2.79. The molecule has 15 heavy (non-hydrogen) atoms. The molecule has 1 saturated heterocycles. The van der Waals surface area contributed by atoms with Crippen LogP contribution in [0.5, 0.6) is 0 Å². The van der Waals surface area contributed by atoms with Crippen molar-refractivity contribution in [3.8, 4) is 0 Å². The SMILES string of the molecule is NC(=O)NC1CS[S+](c2cccnc2)C1. The van der Waals surface area contributed by atoms with Crippen molar-refractivity contribution in [1.29, 1.82) is 0 Å². The molecule has 1 fully saturated rings. The molecule has 0 radical (unpaired) electrons. The van der Waals surface area contributed by atoms with Crippen molar-refractivity contribution in [2.24, 2.45) is 5.73 Å². The first kappa shape index (κ1) is 10.6. The summed E-state index contributed by atoms with van der Waals surface area (Å²) in [6.07, 6.45) is 3.66. The minimum Gasteiger partial charge on any atom is -0.352 e. The van der Waals surface area contributed by atoms with Gasteiger partial charge in [-0.2, -0.15) is 0 Å². The van der Waals surface area contributed by atoms with Gasteiger partial charge in [-0.1, -0.05) is 0 Å². The van der Waals surface area contributed by atoms with Gasteiger partial charge in [0, 0.05) is 6.20 Å². The van der Waals surface area contributed by atoms with E-state index >= 15 is 0 Å². The Morgan fingerprint density at radius 2 is 2.60 bits per heavy atom. The molecular weight excluding hydrogens is 230 g/mol. The normalized spacial score (nSPS) is 25.1. The fourth-order valence-electron chi connectivity index (χ4n) is 1.37. The number of rotatable bonds is 2. The van der Waals surface area contributed by atoms with E-state index < -0.39 is 6.03 Å². The number of carbonyl (C=O) groups is 1. The molecule has 1 aliphatic heterocycles. The van der Waals surface area contributed by atoms with Crippen LogP contribution in [0.25, 0.3) is 0 Å². The van der Waals surface area contributed by atoms with Crippen molar-refractivity contribution < 1.29 is 4.79 Å². The lowest BCUT2D eigenvalue weighted by Gasteiger charge is -2.04. The Labute approximate surface area is 94.8 Å². The lowest BCUT2D eigenvalue weighted by atomic mass is 10.4. The summed E-state index contributed by atoms with van der Waals surface area (Å²) in [6.45, 7) is 0. The van der Waals surface area contributed by atoms with E-state index in [2.05, 4.69) is 16.4 Å². The molecule has 1 aromatic heterocycles. The first-order valence-electron chi connectivity index (χ1n) is 4.56. The topological polar surface area (TPSA) is 68.0 Å².